The molecule has 0 spiro atoms. The van der Waals surface area contributed by atoms with E-state index < -0.39 is 0 Å². The van der Waals surface area contributed by atoms with Crippen molar-refractivity contribution < 1.29 is 17.1 Å². The van der Waals surface area contributed by atoms with Crippen molar-refractivity contribution in [3.05, 3.63) is 53.6 Å². The van der Waals surface area contributed by atoms with Gasteiger partial charge in [-0.05, 0) is 5.41 Å². The molecule has 0 heterocycles. The fraction of sp³-hybridized carbons (Fsp3) is 0.444. The van der Waals surface area contributed by atoms with Crippen LogP contribution in [0.1, 0.15) is 52.7 Å². The van der Waals surface area contributed by atoms with E-state index in [0.717, 1.165) is 0 Å². The van der Waals surface area contributed by atoms with Gasteiger partial charge in [0.05, 0.1) is 0 Å². The number of hydrogen-bond donors (Lipinski definition) is 0. The molecule has 0 fully saturated rings. The largest absolute Gasteiger partial charge is 0.748 e. The van der Waals surface area contributed by atoms with Gasteiger partial charge in [-0.25, -0.2) is 6.07 Å². The average Bonchev–Trinajstić information content (AvgIpc) is 2.84. The maximum Gasteiger partial charge on any atom is 0 e. The molecule has 0 aliphatic rings. The first-order chi connectivity index (χ1) is 8.64. The van der Waals surface area contributed by atoms with Crippen LogP contribution in [0.2, 0.25) is 0 Å². The van der Waals surface area contributed by atoms with Gasteiger partial charge in [-0.1, -0.05) is 47.0 Å². The van der Waals surface area contributed by atoms with Crippen LogP contribution >= 0.6 is 9.24 Å². The Morgan fingerprint density at radius 3 is 1.55 bits per heavy atom. The molecule has 0 aliphatic carbocycles. The van der Waals surface area contributed by atoms with E-state index in [4.69, 9.17) is 0 Å². The van der Waals surface area contributed by atoms with Crippen molar-refractivity contribution in [1.29, 1.82) is 0 Å². The van der Waals surface area contributed by atoms with E-state index in [9.17, 15) is 0 Å². The molecule has 0 bridgehead atoms. The van der Waals surface area contributed by atoms with E-state index in [1.807, 2.05) is 30.3 Å². The van der Waals surface area contributed by atoms with Crippen molar-refractivity contribution in [2.24, 2.45) is 0 Å². The zero-order chi connectivity index (χ0) is 14.7. The predicted molar refractivity (Wildman–Crippen MR) is 90.8 cm³/mol. The Hall–Kier alpha value is -0.351. The molecule has 118 valence electrons. The summed E-state index contributed by atoms with van der Waals surface area (Å²) in [7, 11) is 2.85. The first-order valence-corrected chi connectivity index (χ1v) is 7.44. The summed E-state index contributed by atoms with van der Waals surface area (Å²) in [6.07, 6.45) is 0. The van der Waals surface area contributed by atoms with Gasteiger partial charge in [-0.3, -0.25) is 0 Å². The van der Waals surface area contributed by atoms with Crippen LogP contribution in [-0.4, -0.2) is 0 Å². The molecule has 0 aromatic heterocycles. The normalized spacial score (nSPS) is 11.3. The van der Waals surface area contributed by atoms with Gasteiger partial charge < -0.3 is 30.3 Å². The summed E-state index contributed by atoms with van der Waals surface area (Å²) in [5.41, 5.74) is 3.46. The molecule has 20 heavy (non-hydrogen) atoms. The summed E-state index contributed by atoms with van der Waals surface area (Å²) in [5.74, 6) is 0. The molecule has 0 amide bonds. The molecule has 2 heteroatoms. The van der Waals surface area contributed by atoms with Crippen molar-refractivity contribution in [2.75, 3.05) is 0 Å². The first kappa shape index (κ1) is 19.6. The topological polar surface area (TPSA) is 0 Å². The quantitative estimate of drug-likeness (QED) is 0.366. The molecule has 2 rings (SSSR count). The van der Waals surface area contributed by atoms with Gasteiger partial charge in [0.15, 0.2) is 0 Å². The Bertz CT molecular complexity index is 461. The maximum absolute atomic E-state index is 2.85. The third-order valence-electron chi connectivity index (χ3n) is 3.10. The first-order valence-electron chi connectivity index (χ1n) is 6.87. The molecule has 2 aromatic carbocycles. The second kappa shape index (κ2) is 7.60. The Morgan fingerprint density at radius 1 is 0.900 bits per heavy atom. The van der Waals surface area contributed by atoms with Gasteiger partial charge in [-0.15, -0.1) is 5.56 Å². The van der Waals surface area contributed by atoms with Crippen LogP contribution in [0.25, 0.3) is 0 Å². The van der Waals surface area contributed by atoms with Crippen LogP contribution < -0.4 is 5.30 Å². The van der Waals surface area contributed by atoms with E-state index >= 15 is 0 Å². The predicted octanol–water partition coefficient (Wildman–Crippen LogP) is 4.90. The minimum Gasteiger partial charge on any atom is -0.748 e. The third-order valence-corrected chi connectivity index (χ3v) is 3.58. The van der Waals surface area contributed by atoms with Gasteiger partial charge in [0.25, 0.3) is 0 Å². The molecule has 0 saturated heterocycles. The zero-order valence-electron chi connectivity index (χ0n) is 13.5. The Balaban J connectivity index is 0.000000507. The molecule has 1 unspecified atom stereocenters. The molecule has 0 aliphatic heterocycles. The van der Waals surface area contributed by atoms with Crippen LogP contribution in [-0.2, 0) is 27.9 Å². The van der Waals surface area contributed by atoms with Crippen LogP contribution in [0.4, 0.5) is 0 Å². The van der Waals surface area contributed by atoms with Gasteiger partial charge in [0.2, 0.25) is 0 Å². The van der Waals surface area contributed by atoms with Crippen molar-refractivity contribution in [3.8, 4) is 0 Å². The fourth-order valence-electron chi connectivity index (χ4n) is 2.28. The Morgan fingerprint density at radius 2 is 1.30 bits per heavy atom. The van der Waals surface area contributed by atoms with Crippen molar-refractivity contribution in [3.63, 3.8) is 0 Å². The van der Waals surface area contributed by atoms with Crippen molar-refractivity contribution in [1.82, 2.24) is 0 Å². The van der Waals surface area contributed by atoms with Crippen LogP contribution in [0, 0.1) is 0 Å². The summed E-state index contributed by atoms with van der Waals surface area (Å²) in [5, 5.41) is 1.35. The molecular formula is C18H27FeP-6. The molecule has 1 atom stereocenters. The molecular weight excluding hydrogens is 303 g/mol. The number of hydrogen-bond acceptors (Lipinski definition) is 0. The van der Waals surface area contributed by atoms with Crippen LogP contribution in [0.15, 0.2) is 42.5 Å². The standard InChI is InChI=1S/C13H22P.C5H5.Fe/c1-12(2,3)9-7-8-10(14)11(9)13(4,5)6;1-2-4-5-3-1;/h7-8H,14H2,1-6H3;1-5H;/q-1;-5;. The van der Waals surface area contributed by atoms with Crippen LogP contribution in [0.3, 0.4) is 0 Å². The summed E-state index contributed by atoms with van der Waals surface area (Å²) in [6.45, 7) is 13.7. The summed E-state index contributed by atoms with van der Waals surface area (Å²) < 4.78 is 0. The molecule has 0 radical (unpaired) electrons. The van der Waals surface area contributed by atoms with E-state index in [2.05, 4.69) is 62.9 Å². The SMILES string of the molecule is CC(C)(C)c1c(P)cc[c-]1C(C)(C)C.[Fe].[cH-]1[cH-][cH-][cH-][cH-]1. The van der Waals surface area contributed by atoms with Crippen LogP contribution in [0.5, 0.6) is 0 Å². The zero-order valence-corrected chi connectivity index (χ0v) is 15.7. The number of rotatable bonds is 0. The van der Waals surface area contributed by atoms with E-state index in [1.54, 1.807) is 0 Å². The van der Waals surface area contributed by atoms with Gasteiger partial charge in [-0.2, -0.15) is 26.2 Å². The summed E-state index contributed by atoms with van der Waals surface area (Å²) in [4.78, 5) is 0. The van der Waals surface area contributed by atoms with Gasteiger partial charge in [0, 0.05) is 17.1 Å². The third kappa shape index (κ3) is 5.57. The maximum atomic E-state index is 2.85. The molecule has 0 nitrogen and oxygen atoms in total. The van der Waals surface area contributed by atoms with Gasteiger partial charge >= 0.3 is 0 Å². The average molecular weight is 330 g/mol. The van der Waals surface area contributed by atoms with E-state index in [-0.39, 0.29) is 27.9 Å². The van der Waals surface area contributed by atoms with Crippen molar-refractivity contribution in [2.45, 2.75) is 52.4 Å². The van der Waals surface area contributed by atoms with E-state index in [1.165, 1.54) is 16.4 Å². The Labute approximate surface area is 137 Å². The monoisotopic (exact) mass is 330 g/mol. The smallest absolute Gasteiger partial charge is 0 e. The molecule has 2 aromatic rings. The minimum absolute atomic E-state index is 0. The minimum atomic E-state index is 0. The second-order valence-electron chi connectivity index (χ2n) is 7.04. The van der Waals surface area contributed by atoms with E-state index in [0.29, 0.717) is 0 Å². The fourth-order valence-corrected chi connectivity index (χ4v) is 2.96. The summed E-state index contributed by atoms with van der Waals surface area (Å²) >= 11 is 0. The van der Waals surface area contributed by atoms with Gasteiger partial charge in [0.1, 0.15) is 0 Å². The second-order valence-corrected chi connectivity index (χ2v) is 7.66. The Kier molecular flexibility index (Phi) is 7.47. The van der Waals surface area contributed by atoms with Crippen molar-refractivity contribution >= 4 is 14.5 Å². The summed E-state index contributed by atoms with van der Waals surface area (Å²) in [6, 6.07) is 14.5. The molecule has 0 saturated carbocycles. The molecule has 0 N–H and O–H groups in total.